The molecule has 0 bridgehead atoms. The van der Waals surface area contributed by atoms with Crippen LogP contribution in [0.25, 0.3) is 0 Å². The third-order valence-corrected chi connectivity index (χ3v) is 5.99. The van der Waals surface area contributed by atoms with E-state index in [1.54, 1.807) is 11.3 Å². The second kappa shape index (κ2) is 6.30. The number of thiophene rings is 1. The van der Waals surface area contributed by atoms with Gasteiger partial charge in [-0.3, -0.25) is 4.79 Å². The monoisotopic (exact) mass is 291 g/mol. The van der Waals surface area contributed by atoms with Gasteiger partial charge in [0.05, 0.1) is 4.88 Å². The summed E-state index contributed by atoms with van der Waals surface area (Å²) in [7, 11) is 0. The Labute approximate surface area is 126 Å². The molecule has 1 aromatic rings. The molecule has 0 saturated heterocycles. The van der Waals surface area contributed by atoms with E-state index in [0.717, 1.165) is 23.6 Å². The minimum absolute atomic E-state index is 0.167. The standard InChI is InChI=1S/C17H25NOS/c1-12-8-9-14(10-12)18-17(19)16-11-13-6-4-2-3-5-7-15(13)20-16/h11-12,14H,2-10H2,1H3,(H,18,19). The van der Waals surface area contributed by atoms with E-state index in [1.165, 1.54) is 55.4 Å². The summed E-state index contributed by atoms with van der Waals surface area (Å²) < 4.78 is 0. The third-order valence-electron chi connectivity index (χ3n) is 4.75. The first-order chi connectivity index (χ1) is 9.72. The minimum Gasteiger partial charge on any atom is -0.349 e. The number of aryl methyl sites for hydroxylation is 2. The van der Waals surface area contributed by atoms with Crippen molar-refractivity contribution in [2.24, 2.45) is 5.92 Å². The molecular weight excluding hydrogens is 266 g/mol. The predicted molar refractivity (Wildman–Crippen MR) is 84.5 cm³/mol. The first kappa shape index (κ1) is 14.1. The van der Waals surface area contributed by atoms with Crippen LogP contribution in [0.1, 0.15) is 72.0 Å². The first-order valence-corrected chi connectivity index (χ1v) is 8.96. The molecular formula is C17H25NOS. The maximum absolute atomic E-state index is 12.4. The van der Waals surface area contributed by atoms with Gasteiger partial charge in [-0.15, -0.1) is 11.3 Å². The molecule has 20 heavy (non-hydrogen) atoms. The summed E-state index contributed by atoms with van der Waals surface area (Å²) >= 11 is 1.74. The average Bonchev–Trinajstić information content (AvgIpc) is 2.96. The number of nitrogens with one attached hydrogen (secondary N) is 1. The highest BCUT2D eigenvalue weighted by atomic mass is 32.1. The van der Waals surface area contributed by atoms with Gasteiger partial charge < -0.3 is 5.32 Å². The average molecular weight is 291 g/mol. The van der Waals surface area contributed by atoms with Gasteiger partial charge in [0.15, 0.2) is 0 Å². The molecule has 1 fully saturated rings. The molecule has 2 nitrogen and oxygen atoms in total. The first-order valence-electron chi connectivity index (χ1n) is 8.15. The van der Waals surface area contributed by atoms with Crippen LogP contribution in [0, 0.1) is 5.92 Å². The number of hydrogen-bond acceptors (Lipinski definition) is 2. The van der Waals surface area contributed by atoms with Crippen molar-refractivity contribution < 1.29 is 4.79 Å². The number of fused-ring (bicyclic) bond motifs is 1. The van der Waals surface area contributed by atoms with Crippen molar-refractivity contribution in [1.29, 1.82) is 0 Å². The minimum atomic E-state index is 0.167. The molecule has 0 radical (unpaired) electrons. The summed E-state index contributed by atoms with van der Waals surface area (Å²) in [6.07, 6.45) is 11.2. The molecule has 1 saturated carbocycles. The van der Waals surface area contributed by atoms with Gasteiger partial charge in [-0.05, 0) is 62.5 Å². The van der Waals surface area contributed by atoms with Crippen molar-refractivity contribution in [2.45, 2.75) is 70.8 Å². The zero-order valence-electron chi connectivity index (χ0n) is 12.4. The fourth-order valence-electron chi connectivity index (χ4n) is 3.55. The Morgan fingerprint density at radius 2 is 2.00 bits per heavy atom. The number of amides is 1. The van der Waals surface area contributed by atoms with E-state index in [9.17, 15) is 4.79 Å². The Morgan fingerprint density at radius 3 is 2.75 bits per heavy atom. The summed E-state index contributed by atoms with van der Waals surface area (Å²) in [6, 6.07) is 2.57. The van der Waals surface area contributed by atoms with E-state index < -0.39 is 0 Å². The summed E-state index contributed by atoms with van der Waals surface area (Å²) in [5, 5.41) is 3.24. The molecule has 1 aromatic heterocycles. The molecule has 3 rings (SSSR count). The van der Waals surface area contributed by atoms with E-state index >= 15 is 0 Å². The Balaban J connectivity index is 1.67. The molecule has 2 atom stereocenters. The van der Waals surface area contributed by atoms with Crippen molar-refractivity contribution in [1.82, 2.24) is 5.32 Å². The van der Waals surface area contributed by atoms with Crippen molar-refractivity contribution >= 4 is 17.2 Å². The van der Waals surface area contributed by atoms with Crippen LogP contribution < -0.4 is 5.32 Å². The van der Waals surface area contributed by atoms with Gasteiger partial charge in [-0.2, -0.15) is 0 Å². The summed E-state index contributed by atoms with van der Waals surface area (Å²) in [6.45, 7) is 2.28. The van der Waals surface area contributed by atoms with Crippen molar-refractivity contribution in [3.8, 4) is 0 Å². The van der Waals surface area contributed by atoms with Crippen molar-refractivity contribution in [3.63, 3.8) is 0 Å². The number of hydrogen-bond donors (Lipinski definition) is 1. The smallest absolute Gasteiger partial charge is 0.261 e. The lowest BCUT2D eigenvalue weighted by atomic mass is 10.00. The van der Waals surface area contributed by atoms with Gasteiger partial charge in [0, 0.05) is 10.9 Å². The Kier molecular flexibility index (Phi) is 4.45. The molecule has 0 aromatic carbocycles. The number of carbonyl (C=O) groups excluding carboxylic acids is 1. The Hall–Kier alpha value is -0.830. The normalized spacial score (nSPS) is 26.6. The van der Waals surface area contributed by atoms with Crippen molar-refractivity contribution in [2.75, 3.05) is 0 Å². The zero-order chi connectivity index (χ0) is 13.9. The van der Waals surface area contributed by atoms with Gasteiger partial charge in [0.2, 0.25) is 0 Å². The van der Waals surface area contributed by atoms with Gasteiger partial charge in [0.25, 0.3) is 5.91 Å². The highest BCUT2D eigenvalue weighted by Gasteiger charge is 2.24. The van der Waals surface area contributed by atoms with Gasteiger partial charge in [-0.1, -0.05) is 19.8 Å². The van der Waals surface area contributed by atoms with Crippen LogP contribution >= 0.6 is 11.3 Å². The molecule has 0 aliphatic heterocycles. The molecule has 3 heteroatoms. The van der Waals surface area contributed by atoms with E-state index in [-0.39, 0.29) is 5.91 Å². The lowest BCUT2D eigenvalue weighted by molar-refractivity contribution is 0.0941. The predicted octanol–water partition coefficient (Wildman–Crippen LogP) is 4.33. The van der Waals surface area contributed by atoms with Gasteiger partial charge >= 0.3 is 0 Å². The molecule has 2 aliphatic rings. The maximum atomic E-state index is 12.4. The van der Waals surface area contributed by atoms with E-state index in [4.69, 9.17) is 0 Å². The van der Waals surface area contributed by atoms with Crippen LogP contribution in [0.15, 0.2) is 6.07 Å². The summed E-state index contributed by atoms with van der Waals surface area (Å²) in [5.41, 5.74) is 1.44. The fourth-order valence-corrected chi connectivity index (χ4v) is 4.71. The van der Waals surface area contributed by atoms with E-state index in [1.807, 2.05) is 0 Å². The van der Waals surface area contributed by atoms with Crippen molar-refractivity contribution in [3.05, 3.63) is 21.4 Å². The second-order valence-electron chi connectivity index (χ2n) is 6.56. The van der Waals surface area contributed by atoms with Crippen LogP contribution in [0.3, 0.4) is 0 Å². The maximum Gasteiger partial charge on any atom is 0.261 e. The molecule has 1 heterocycles. The van der Waals surface area contributed by atoms with E-state index in [2.05, 4.69) is 18.3 Å². The van der Waals surface area contributed by atoms with Crippen LogP contribution in [0.5, 0.6) is 0 Å². The molecule has 2 unspecified atom stereocenters. The highest BCUT2D eigenvalue weighted by molar-refractivity contribution is 7.14. The molecule has 1 amide bonds. The lowest BCUT2D eigenvalue weighted by Gasteiger charge is -2.11. The third kappa shape index (κ3) is 3.25. The summed E-state index contributed by atoms with van der Waals surface area (Å²) in [5.74, 6) is 0.935. The molecule has 0 spiro atoms. The SMILES string of the molecule is CC1CCC(NC(=O)c2cc3c(s2)CCCCCC3)C1. The number of carbonyl (C=O) groups is 1. The van der Waals surface area contributed by atoms with Gasteiger partial charge in [0.1, 0.15) is 0 Å². The molecule has 2 aliphatic carbocycles. The largest absolute Gasteiger partial charge is 0.349 e. The summed E-state index contributed by atoms with van der Waals surface area (Å²) in [4.78, 5) is 14.8. The lowest BCUT2D eigenvalue weighted by Crippen LogP contribution is -2.32. The van der Waals surface area contributed by atoms with Crippen LogP contribution in [-0.2, 0) is 12.8 Å². The second-order valence-corrected chi connectivity index (χ2v) is 7.70. The fraction of sp³-hybridized carbons (Fsp3) is 0.706. The topological polar surface area (TPSA) is 29.1 Å². The zero-order valence-corrected chi connectivity index (χ0v) is 13.2. The van der Waals surface area contributed by atoms with Crippen LogP contribution in [-0.4, -0.2) is 11.9 Å². The Morgan fingerprint density at radius 1 is 1.20 bits per heavy atom. The van der Waals surface area contributed by atoms with Gasteiger partial charge in [-0.25, -0.2) is 0 Å². The van der Waals surface area contributed by atoms with Crippen LogP contribution in [0.4, 0.5) is 0 Å². The quantitative estimate of drug-likeness (QED) is 0.863. The Bertz CT molecular complexity index is 454. The molecule has 110 valence electrons. The van der Waals surface area contributed by atoms with E-state index in [0.29, 0.717) is 6.04 Å². The number of rotatable bonds is 2. The highest BCUT2D eigenvalue weighted by Crippen LogP contribution is 2.29. The molecule has 1 N–H and O–H groups in total. The van der Waals surface area contributed by atoms with Crippen LogP contribution in [0.2, 0.25) is 0 Å².